The largest absolute Gasteiger partial charge is 0.362 e. The van der Waals surface area contributed by atoms with Gasteiger partial charge in [0.05, 0.1) is 11.5 Å². The van der Waals surface area contributed by atoms with Crippen LogP contribution in [0.5, 0.6) is 0 Å². The lowest BCUT2D eigenvalue weighted by Crippen LogP contribution is -2.37. The summed E-state index contributed by atoms with van der Waals surface area (Å²) in [4.78, 5) is 4.53. The Kier molecular flexibility index (Phi) is 4.36. The Balaban J connectivity index is 1.84. The highest BCUT2D eigenvalue weighted by Crippen LogP contribution is 2.20. The maximum absolute atomic E-state index is 11.3. The van der Waals surface area contributed by atoms with Crippen molar-refractivity contribution in [2.24, 2.45) is 10.9 Å². The Hall–Kier alpha value is -0.230. The molecule has 0 aromatic carbocycles. The van der Waals surface area contributed by atoms with Crippen molar-refractivity contribution in [3.8, 4) is 0 Å². The highest BCUT2D eigenvalue weighted by molar-refractivity contribution is 8.13. The SMILES string of the molecule is CCC1CCSC(=NCC2CCS(=O)(=O)C2)N1. The van der Waals surface area contributed by atoms with E-state index in [0.717, 1.165) is 23.8 Å². The molecule has 0 aromatic heterocycles. The van der Waals surface area contributed by atoms with E-state index < -0.39 is 9.84 Å². The lowest BCUT2D eigenvalue weighted by molar-refractivity contribution is 0.564. The highest BCUT2D eigenvalue weighted by Gasteiger charge is 2.27. The van der Waals surface area contributed by atoms with Crippen LogP contribution in [0, 0.1) is 5.92 Å². The molecule has 0 spiro atoms. The summed E-state index contributed by atoms with van der Waals surface area (Å²) < 4.78 is 22.6. The quantitative estimate of drug-likeness (QED) is 0.843. The molecule has 0 aliphatic carbocycles. The molecule has 0 aromatic rings. The summed E-state index contributed by atoms with van der Waals surface area (Å²) in [5.74, 6) is 2.02. The standard InChI is InChI=1S/C11H20N2O2S2/c1-2-10-3-5-16-11(13-10)12-7-9-4-6-17(14,15)8-9/h9-10H,2-8H2,1H3,(H,12,13). The van der Waals surface area contributed by atoms with E-state index in [1.807, 2.05) is 0 Å². The normalized spacial score (nSPS) is 34.8. The minimum atomic E-state index is -2.76. The molecule has 4 nitrogen and oxygen atoms in total. The summed E-state index contributed by atoms with van der Waals surface area (Å²) in [7, 11) is -2.76. The molecule has 6 heteroatoms. The molecule has 2 fully saturated rings. The van der Waals surface area contributed by atoms with Gasteiger partial charge in [-0.05, 0) is 25.2 Å². The summed E-state index contributed by atoms with van der Waals surface area (Å²) in [6.45, 7) is 2.83. The van der Waals surface area contributed by atoms with Crippen LogP contribution in [-0.4, -0.2) is 43.4 Å². The van der Waals surface area contributed by atoms with Crippen LogP contribution in [0.1, 0.15) is 26.2 Å². The third-order valence-electron chi connectivity index (χ3n) is 3.35. The number of nitrogens with zero attached hydrogens (tertiary/aromatic N) is 1. The van der Waals surface area contributed by atoms with E-state index in [1.165, 1.54) is 6.42 Å². The van der Waals surface area contributed by atoms with Crippen molar-refractivity contribution >= 4 is 26.8 Å². The minimum Gasteiger partial charge on any atom is -0.362 e. The maximum Gasteiger partial charge on any atom is 0.156 e. The number of sulfone groups is 1. The molecule has 98 valence electrons. The molecule has 1 N–H and O–H groups in total. The molecule has 17 heavy (non-hydrogen) atoms. The van der Waals surface area contributed by atoms with Crippen LogP contribution in [0.15, 0.2) is 4.99 Å². The number of hydrogen-bond donors (Lipinski definition) is 1. The lowest BCUT2D eigenvalue weighted by atomic mass is 10.1. The zero-order valence-electron chi connectivity index (χ0n) is 10.2. The molecule has 2 unspecified atom stereocenters. The topological polar surface area (TPSA) is 58.5 Å². The molecule has 0 amide bonds. The second-order valence-electron chi connectivity index (χ2n) is 4.80. The molecule has 2 aliphatic heterocycles. The molecule has 0 saturated carbocycles. The fourth-order valence-electron chi connectivity index (χ4n) is 2.21. The monoisotopic (exact) mass is 276 g/mol. The van der Waals surface area contributed by atoms with Crippen molar-refractivity contribution in [3.63, 3.8) is 0 Å². The molecule has 2 atom stereocenters. The average Bonchev–Trinajstić information content (AvgIpc) is 2.67. The number of amidine groups is 1. The maximum atomic E-state index is 11.3. The molecule has 2 saturated heterocycles. The van der Waals surface area contributed by atoms with Crippen molar-refractivity contribution < 1.29 is 8.42 Å². The van der Waals surface area contributed by atoms with Crippen LogP contribution in [0.25, 0.3) is 0 Å². The number of nitrogens with one attached hydrogen (secondary N) is 1. The number of hydrogen-bond acceptors (Lipinski definition) is 4. The fraction of sp³-hybridized carbons (Fsp3) is 0.909. The Morgan fingerprint density at radius 3 is 2.94 bits per heavy atom. The Labute approximate surface area is 108 Å². The van der Waals surface area contributed by atoms with Crippen molar-refractivity contribution in [2.45, 2.75) is 32.2 Å². The fourth-order valence-corrected chi connectivity index (χ4v) is 5.07. The van der Waals surface area contributed by atoms with Gasteiger partial charge in [-0.1, -0.05) is 18.7 Å². The van der Waals surface area contributed by atoms with Gasteiger partial charge in [-0.2, -0.15) is 0 Å². The average molecular weight is 276 g/mol. The first-order chi connectivity index (χ1) is 8.09. The summed E-state index contributed by atoms with van der Waals surface area (Å²) in [5.41, 5.74) is 0. The van der Waals surface area contributed by atoms with Gasteiger partial charge in [0.15, 0.2) is 15.0 Å². The minimum absolute atomic E-state index is 0.233. The van der Waals surface area contributed by atoms with Crippen LogP contribution in [-0.2, 0) is 9.84 Å². The zero-order chi connectivity index (χ0) is 12.3. The number of rotatable bonds is 3. The van der Waals surface area contributed by atoms with Crippen LogP contribution in [0.3, 0.4) is 0 Å². The van der Waals surface area contributed by atoms with Crippen molar-refractivity contribution in [1.82, 2.24) is 5.32 Å². The van der Waals surface area contributed by atoms with Crippen LogP contribution >= 0.6 is 11.8 Å². The second-order valence-corrected chi connectivity index (χ2v) is 8.11. The predicted octanol–water partition coefficient (Wildman–Crippen LogP) is 1.28. The van der Waals surface area contributed by atoms with E-state index in [0.29, 0.717) is 24.1 Å². The smallest absolute Gasteiger partial charge is 0.156 e. The molecule has 2 aliphatic rings. The first-order valence-electron chi connectivity index (χ1n) is 6.23. The Bertz CT molecular complexity index is 392. The first kappa shape index (κ1) is 13.2. The van der Waals surface area contributed by atoms with Crippen molar-refractivity contribution in [3.05, 3.63) is 0 Å². The van der Waals surface area contributed by atoms with Gasteiger partial charge >= 0.3 is 0 Å². The molecule has 0 radical (unpaired) electrons. The lowest BCUT2D eigenvalue weighted by Gasteiger charge is -2.24. The summed E-state index contributed by atoms with van der Waals surface area (Å²) in [6.07, 6.45) is 3.09. The van der Waals surface area contributed by atoms with Crippen LogP contribution < -0.4 is 5.32 Å². The zero-order valence-corrected chi connectivity index (χ0v) is 11.8. The molecule has 2 heterocycles. The van der Waals surface area contributed by atoms with E-state index in [2.05, 4.69) is 17.2 Å². The van der Waals surface area contributed by atoms with Gasteiger partial charge < -0.3 is 5.32 Å². The predicted molar refractivity (Wildman–Crippen MR) is 73.4 cm³/mol. The van der Waals surface area contributed by atoms with E-state index in [9.17, 15) is 8.42 Å². The Morgan fingerprint density at radius 1 is 1.47 bits per heavy atom. The summed E-state index contributed by atoms with van der Waals surface area (Å²) in [6, 6.07) is 0.544. The van der Waals surface area contributed by atoms with Crippen LogP contribution in [0.4, 0.5) is 0 Å². The van der Waals surface area contributed by atoms with Gasteiger partial charge in [0, 0.05) is 18.3 Å². The second kappa shape index (κ2) is 5.61. The van der Waals surface area contributed by atoms with Crippen molar-refractivity contribution in [1.29, 1.82) is 0 Å². The van der Waals surface area contributed by atoms with Gasteiger partial charge in [-0.25, -0.2) is 8.42 Å². The third-order valence-corrected chi connectivity index (χ3v) is 6.14. The molecular formula is C11H20N2O2S2. The third kappa shape index (κ3) is 3.88. The molecule has 2 rings (SSSR count). The number of thioether (sulfide) groups is 1. The molecule has 0 bridgehead atoms. The summed E-state index contributed by atoms with van der Waals surface area (Å²) in [5, 5.41) is 4.42. The van der Waals surface area contributed by atoms with Gasteiger partial charge in [-0.15, -0.1) is 0 Å². The van der Waals surface area contributed by atoms with E-state index >= 15 is 0 Å². The van der Waals surface area contributed by atoms with E-state index in [1.54, 1.807) is 11.8 Å². The van der Waals surface area contributed by atoms with Gasteiger partial charge in [0.25, 0.3) is 0 Å². The first-order valence-corrected chi connectivity index (χ1v) is 9.04. The van der Waals surface area contributed by atoms with Gasteiger partial charge in [-0.3, -0.25) is 4.99 Å². The van der Waals surface area contributed by atoms with Gasteiger partial charge in [0.2, 0.25) is 0 Å². The molecular weight excluding hydrogens is 256 g/mol. The van der Waals surface area contributed by atoms with Crippen molar-refractivity contribution in [2.75, 3.05) is 23.8 Å². The van der Waals surface area contributed by atoms with E-state index in [4.69, 9.17) is 0 Å². The summed E-state index contributed by atoms with van der Waals surface area (Å²) >= 11 is 1.76. The van der Waals surface area contributed by atoms with Gasteiger partial charge in [0.1, 0.15) is 0 Å². The van der Waals surface area contributed by atoms with Crippen LogP contribution in [0.2, 0.25) is 0 Å². The highest BCUT2D eigenvalue weighted by atomic mass is 32.2. The number of aliphatic imine (C=N–C) groups is 1. The van der Waals surface area contributed by atoms with E-state index in [-0.39, 0.29) is 5.92 Å². The Morgan fingerprint density at radius 2 is 2.29 bits per heavy atom.